The van der Waals surface area contributed by atoms with Gasteiger partial charge >= 0.3 is 0 Å². The smallest absolute Gasteiger partial charge is 0.289 e. The van der Waals surface area contributed by atoms with Crippen LogP contribution >= 0.6 is 15.9 Å². The Balaban J connectivity index is 1.32. The fourth-order valence-corrected chi connectivity index (χ4v) is 5.62. The van der Waals surface area contributed by atoms with E-state index in [0.29, 0.717) is 44.9 Å². The van der Waals surface area contributed by atoms with Crippen molar-refractivity contribution in [3.63, 3.8) is 0 Å². The first kappa shape index (κ1) is 21.9. The minimum absolute atomic E-state index is 0.0161. The third-order valence-corrected chi connectivity index (χ3v) is 7.73. The van der Waals surface area contributed by atoms with E-state index in [1.165, 1.54) is 0 Å². The summed E-state index contributed by atoms with van der Waals surface area (Å²) in [5.74, 6) is -0.414. The Morgan fingerprint density at radius 3 is 2.59 bits per heavy atom. The van der Waals surface area contributed by atoms with Crippen LogP contribution in [-0.2, 0) is 23.8 Å². The Morgan fingerprint density at radius 1 is 1.12 bits per heavy atom. The molecule has 3 heterocycles. The number of fused-ring (bicyclic) bond motifs is 1. The number of nitrogens with zero attached hydrogens (tertiary/aromatic N) is 2. The van der Waals surface area contributed by atoms with Crippen molar-refractivity contribution < 1.29 is 23.8 Å². The zero-order valence-electron chi connectivity index (χ0n) is 18.1. The molecule has 0 aromatic heterocycles. The van der Waals surface area contributed by atoms with Crippen LogP contribution in [-0.4, -0.2) is 72.4 Å². The second kappa shape index (κ2) is 9.15. The SMILES string of the molecule is O=C(CN1C(=O)/C(=C\c2ccccc2Br)OC2CCCCC21)N1CCC2(CC1)OCCO2. The number of ether oxygens (including phenoxy) is 3. The molecule has 1 saturated carbocycles. The first-order chi connectivity index (χ1) is 15.5. The molecule has 1 aromatic carbocycles. The van der Waals surface area contributed by atoms with Gasteiger partial charge in [-0.05, 0) is 37.0 Å². The molecule has 0 bridgehead atoms. The van der Waals surface area contributed by atoms with E-state index in [0.717, 1.165) is 35.7 Å². The molecule has 1 spiro atoms. The Morgan fingerprint density at radius 2 is 1.84 bits per heavy atom. The lowest BCUT2D eigenvalue weighted by Gasteiger charge is -2.45. The van der Waals surface area contributed by atoms with Crippen LogP contribution in [0.5, 0.6) is 0 Å². The van der Waals surface area contributed by atoms with Crippen LogP contribution in [0.4, 0.5) is 0 Å². The fourth-order valence-electron chi connectivity index (χ4n) is 5.22. The first-order valence-corrected chi connectivity index (χ1v) is 12.3. The molecule has 8 heteroatoms. The Labute approximate surface area is 196 Å². The van der Waals surface area contributed by atoms with Crippen molar-refractivity contribution in [1.29, 1.82) is 0 Å². The average Bonchev–Trinajstić information content (AvgIpc) is 3.26. The number of rotatable bonds is 3. The molecule has 172 valence electrons. The number of amides is 2. The van der Waals surface area contributed by atoms with E-state index < -0.39 is 5.79 Å². The number of carbonyl (C=O) groups is 2. The standard InChI is InChI=1S/C24H29BrN2O5/c25-18-6-2-1-5-17(18)15-21-23(29)27(19-7-3-4-8-20(19)32-21)16-22(28)26-11-9-24(10-12-26)30-13-14-31-24/h1-2,5-6,15,19-20H,3-4,7-14,16H2/b21-15+. The highest BCUT2D eigenvalue weighted by atomic mass is 79.9. The molecule has 3 aliphatic heterocycles. The Bertz CT molecular complexity index is 903. The maximum atomic E-state index is 13.4. The van der Waals surface area contributed by atoms with Crippen LogP contribution in [0.15, 0.2) is 34.5 Å². The van der Waals surface area contributed by atoms with Gasteiger partial charge in [-0.3, -0.25) is 9.59 Å². The molecule has 2 atom stereocenters. The second-order valence-corrected chi connectivity index (χ2v) is 9.81. The molecule has 3 saturated heterocycles. The molecule has 1 aliphatic carbocycles. The molecule has 4 fully saturated rings. The molecule has 1 aromatic rings. The number of carbonyl (C=O) groups excluding carboxylic acids is 2. The first-order valence-electron chi connectivity index (χ1n) is 11.5. The summed E-state index contributed by atoms with van der Waals surface area (Å²) in [6, 6.07) is 7.69. The summed E-state index contributed by atoms with van der Waals surface area (Å²) in [6.45, 7) is 2.50. The molecule has 2 unspecified atom stereocenters. The van der Waals surface area contributed by atoms with Crippen molar-refractivity contribution in [2.75, 3.05) is 32.8 Å². The number of likely N-dealkylation sites (tertiary alicyclic amines) is 1. The van der Waals surface area contributed by atoms with Crippen molar-refractivity contribution in [3.8, 4) is 0 Å². The van der Waals surface area contributed by atoms with E-state index in [1.807, 2.05) is 29.2 Å². The normalized spacial score (nSPS) is 28.7. The van der Waals surface area contributed by atoms with Gasteiger partial charge in [0.15, 0.2) is 11.5 Å². The highest BCUT2D eigenvalue weighted by molar-refractivity contribution is 9.10. The van der Waals surface area contributed by atoms with Gasteiger partial charge in [0.1, 0.15) is 12.6 Å². The van der Waals surface area contributed by atoms with E-state index >= 15 is 0 Å². The number of hydrogen-bond acceptors (Lipinski definition) is 5. The lowest BCUT2D eigenvalue weighted by Crippen LogP contribution is -2.58. The maximum Gasteiger partial charge on any atom is 0.289 e. The van der Waals surface area contributed by atoms with Gasteiger partial charge in [-0.15, -0.1) is 0 Å². The monoisotopic (exact) mass is 504 g/mol. The lowest BCUT2D eigenvalue weighted by molar-refractivity contribution is -0.188. The Hall–Kier alpha value is -1.90. The van der Waals surface area contributed by atoms with Crippen molar-refractivity contribution in [2.45, 2.75) is 56.5 Å². The van der Waals surface area contributed by atoms with Crippen LogP contribution in [0.1, 0.15) is 44.1 Å². The summed E-state index contributed by atoms with van der Waals surface area (Å²) < 4.78 is 18.6. The fraction of sp³-hybridized carbons (Fsp3) is 0.583. The molecule has 0 N–H and O–H groups in total. The number of benzene rings is 1. The van der Waals surface area contributed by atoms with Gasteiger partial charge in [-0.1, -0.05) is 40.5 Å². The summed E-state index contributed by atoms with van der Waals surface area (Å²) >= 11 is 3.54. The summed E-state index contributed by atoms with van der Waals surface area (Å²) in [5.41, 5.74) is 0.884. The molecular formula is C24H29BrN2O5. The van der Waals surface area contributed by atoms with Crippen LogP contribution in [0.3, 0.4) is 0 Å². The van der Waals surface area contributed by atoms with Gasteiger partial charge in [0, 0.05) is 30.4 Å². The largest absolute Gasteiger partial charge is 0.482 e. The van der Waals surface area contributed by atoms with Gasteiger partial charge in [0.25, 0.3) is 5.91 Å². The second-order valence-electron chi connectivity index (χ2n) is 8.96. The maximum absolute atomic E-state index is 13.4. The van der Waals surface area contributed by atoms with Crippen LogP contribution in [0.2, 0.25) is 0 Å². The summed E-state index contributed by atoms with van der Waals surface area (Å²) in [5, 5.41) is 0. The van der Waals surface area contributed by atoms with Gasteiger partial charge in [0.05, 0.1) is 19.3 Å². The molecule has 5 rings (SSSR count). The quantitative estimate of drug-likeness (QED) is 0.590. The van der Waals surface area contributed by atoms with E-state index in [4.69, 9.17) is 14.2 Å². The minimum atomic E-state index is -0.515. The summed E-state index contributed by atoms with van der Waals surface area (Å²) in [4.78, 5) is 30.2. The van der Waals surface area contributed by atoms with E-state index in [-0.39, 0.29) is 30.5 Å². The lowest BCUT2D eigenvalue weighted by atomic mass is 9.89. The van der Waals surface area contributed by atoms with Crippen molar-refractivity contribution >= 4 is 33.8 Å². The van der Waals surface area contributed by atoms with Crippen molar-refractivity contribution in [1.82, 2.24) is 9.80 Å². The van der Waals surface area contributed by atoms with Crippen molar-refractivity contribution in [3.05, 3.63) is 40.1 Å². The zero-order valence-corrected chi connectivity index (χ0v) is 19.7. The number of halogens is 1. The number of hydrogen-bond donors (Lipinski definition) is 0. The average molecular weight is 505 g/mol. The minimum Gasteiger partial charge on any atom is -0.482 e. The highest BCUT2D eigenvalue weighted by Crippen LogP contribution is 2.35. The van der Waals surface area contributed by atoms with Gasteiger partial charge in [-0.2, -0.15) is 0 Å². The van der Waals surface area contributed by atoms with E-state index in [9.17, 15) is 9.59 Å². The predicted molar refractivity (Wildman–Crippen MR) is 121 cm³/mol. The van der Waals surface area contributed by atoms with Gasteiger partial charge < -0.3 is 24.0 Å². The van der Waals surface area contributed by atoms with E-state index in [2.05, 4.69) is 15.9 Å². The van der Waals surface area contributed by atoms with Gasteiger partial charge in [-0.25, -0.2) is 0 Å². The number of morpholine rings is 1. The van der Waals surface area contributed by atoms with Crippen LogP contribution in [0.25, 0.3) is 6.08 Å². The molecule has 4 aliphatic rings. The third kappa shape index (κ3) is 4.32. The van der Waals surface area contributed by atoms with E-state index in [1.54, 1.807) is 11.0 Å². The van der Waals surface area contributed by atoms with Crippen molar-refractivity contribution in [2.24, 2.45) is 0 Å². The Kier molecular flexibility index (Phi) is 6.27. The molecule has 32 heavy (non-hydrogen) atoms. The summed E-state index contributed by atoms with van der Waals surface area (Å²) in [7, 11) is 0. The van der Waals surface area contributed by atoms with Gasteiger partial charge in [0.2, 0.25) is 5.91 Å². The third-order valence-electron chi connectivity index (χ3n) is 7.01. The van der Waals surface area contributed by atoms with Crippen LogP contribution in [0, 0.1) is 0 Å². The topological polar surface area (TPSA) is 68.3 Å². The molecule has 0 radical (unpaired) electrons. The molecular weight excluding hydrogens is 476 g/mol. The molecule has 7 nitrogen and oxygen atoms in total. The number of piperidine rings is 1. The molecule has 2 amide bonds. The summed E-state index contributed by atoms with van der Waals surface area (Å²) in [6.07, 6.45) is 6.97. The zero-order chi connectivity index (χ0) is 22.1. The van der Waals surface area contributed by atoms with Crippen LogP contribution < -0.4 is 0 Å². The highest BCUT2D eigenvalue weighted by Gasteiger charge is 2.44. The predicted octanol–water partition coefficient (Wildman–Crippen LogP) is 3.33.